The van der Waals surface area contributed by atoms with E-state index in [0.717, 1.165) is 25.8 Å². The van der Waals surface area contributed by atoms with Gasteiger partial charge < -0.3 is 9.84 Å². The second-order valence-electron chi connectivity index (χ2n) is 6.19. The third kappa shape index (κ3) is 3.14. The van der Waals surface area contributed by atoms with Crippen molar-refractivity contribution in [3.8, 4) is 6.07 Å². The first kappa shape index (κ1) is 15.4. The van der Waals surface area contributed by atoms with E-state index in [9.17, 15) is 14.8 Å². The first-order valence-electron chi connectivity index (χ1n) is 7.87. The van der Waals surface area contributed by atoms with Gasteiger partial charge in [0, 0.05) is 25.0 Å². The van der Waals surface area contributed by atoms with Gasteiger partial charge in [0.05, 0.1) is 31.0 Å². The Hall–Kier alpha value is -1.48. The monoisotopic (exact) mass is 304 g/mol. The maximum absolute atomic E-state index is 13.5. The van der Waals surface area contributed by atoms with Crippen molar-refractivity contribution in [3.63, 3.8) is 0 Å². The molecule has 118 valence electrons. The van der Waals surface area contributed by atoms with Crippen molar-refractivity contribution >= 4 is 0 Å². The molecular formula is C17H21FN2O2. The fraction of sp³-hybridized carbons (Fsp3) is 0.588. The Morgan fingerprint density at radius 1 is 1.41 bits per heavy atom. The number of aliphatic hydroxyl groups is 1. The van der Waals surface area contributed by atoms with Gasteiger partial charge in [0.2, 0.25) is 0 Å². The van der Waals surface area contributed by atoms with Crippen LogP contribution in [0.4, 0.5) is 4.39 Å². The maximum atomic E-state index is 13.5. The summed E-state index contributed by atoms with van der Waals surface area (Å²) in [4.78, 5) is 2.23. The van der Waals surface area contributed by atoms with Crippen molar-refractivity contribution in [2.75, 3.05) is 19.8 Å². The zero-order chi connectivity index (χ0) is 15.5. The summed E-state index contributed by atoms with van der Waals surface area (Å²) in [6.45, 7) is 2.50. The maximum Gasteiger partial charge on any atom is 0.123 e. The minimum atomic E-state index is -0.320. The highest BCUT2D eigenvalue weighted by molar-refractivity contribution is 5.37. The molecule has 2 fully saturated rings. The molecule has 1 aromatic carbocycles. The Bertz CT molecular complexity index is 572. The van der Waals surface area contributed by atoms with Crippen LogP contribution in [0.3, 0.4) is 0 Å². The van der Waals surface area contributed by atoms with Gasteiger partial charge in [-0.05, 0) is 36.6 Å². The van der Waals surface area contributed by atoms with Crippen LogP contribution in [0.2, 0.25) is 0 Å². The molecule has 1 saturated carbocycles. The molecule has 5 heteroatoms. The van der Waals surface area contributed by atoms with E-state index in [4.69, 9.17) is 4.74 Å². The highest BCUT2D eigenvalue weighted by Gasteiger charge is 2.37. The summed E-state index contributed by atoms with van der Waals surface area (Å²) < 4.78 is 19.1. The van der Waals surface area contributed by atoms with Crippen LogP contribution in [-0.4, -0.2) is 41.9 Å². The molecule has 0 bridgehead atoms. The molecule has 1 N–H and O–H groups in total. The van der Waals surface area contributed by atoms with Crippen molar-refractivity contribution in [2.45, 2.75) is 38.0 Å². The molecular weight excluding hydrogens is 283 g/mol. The van der Waals surface area contributed by atoms with Crippen LogP contribution in [0, 0.1) is 23.1 Å². The first-order chi connectivity index (χ1) is 10.7. The minimum Gasteiger partial charge on any atom is -0.393 e. The Kier molecular flexibility index (Phi) is 4.72. The molecule has 22 heavy (non-hydrogen) atoms. The second kappa shape index (κ2) is 6.74. The summed E-state index contributed by atoms with van der Waals surface area (Å²) in [7, 11) is 0. The average molecular weight is 304 g/mol. The van der Waals surface area contributed by atoms with E-state index in [1.165, 1.54) is 18.2 Å². The molecule has 0 radical (unpaired) electrons. The number of hydrogen-bond acceptors (Lipinski definition) is 4. The molecule has 1 heterocycles. The molecule has 0 amide bonds. The van der Waals surface area contributed by atoms with Gasteiger partial charge >= 0.3 is 0 Å². The Labute approximate surface area is 130 Å². The van der Waals surface area contributed by atoms with Gasteiger partial charge in [0.25, 0.3) is 0 Å². The summed E-state index contributed by atoms with van der Waals surface area (Å²) in [6, 6.07) is 6.56. The van der Waals surface area contributed by atoms with Crippen LogP contribution in [0.5, 0.6) is 0 Å². The van der Waals surface area contributed by atoms with E-state index in [2.05, 4.69) is 11.0 Å². The molecule has 1 aliphatic carbocycles. The number of nitrogens with zero attached hydrogens (tertiary/aromatic N) is 2. The van der Waals surface area contributed by atoms with Gasteiger partial charge in [-0.25, -0.2) is 4.39 Å². The predicted molar refractivity (Wildman–Crippen MR) is 79.5 cm³/mol. The Balaban J connectivity index is 1.80. The third-order valence-corrected chi connectivity index (χ3v) is 4.87. The number of aliphatic hydroxyl groups excluding tert-OH is 1. The van der Waals surface area contributed by atoms with E-state index in [1.54, 1.807) is 0 Å². The van der Waals surface area contributed by atoms with Crippen molar-refractivity contribution < 1.29 is 14.2 Å². The van der Waals surface area contributed by atoms with Gasteiger partial charge in [-0.1, -0.05) is 6.42 Å². The highest BCUT2D eigenvalue weighted by Crippen LogP contribution is 2.33. The number of ether oxygens (including phenoxy) is 1. The molecule has 3 rings (SSSR count). The van der Waals surface area contributed by atoms with Crippen LogP contribution < -0.4 is 0 Å². The van der Waals surface area contributed by atoms with Crippen LogP contribution in [-0.2, 0) is 11.3 Å². The second-order valence-corrected chi connectivity index (χ2v) is 6.19. The summed E-state index contributed by atoms with van der Waals surface area (Å²) in [5, 5.41) is 19.4. The summed E-state index contributed by atoms with van der Waals surface area (Å²) in [6.07, 6.45) is 2.61. The largest absolute Gasteiger partial charge is 0.393 e. The zero-order valence-electron chi connectivity index (χ0n) is 12.5. The molecule has 1 aromatic rings. The lowest BCUT2D eigenvalue weighted by atomic mass is 9.93. The van der Waals surface area contributed by atoms with E-state index >= 15 is 0 Å². The van der Waals surface area contributed by atoms with Crippen LogP contribution in [0.1, 0.15) is 30.4 Å². The normalized spacial score (nSPS) is 29.4. The third-order valence-electron chi connectivity index (χ3n) is 4.87. The number of morpholine rings is 1. The average Bonchev–Trinajstić information content (AvgIpc) is 2.94. The summed E-state index contributed by atoms with van der Waals surface area (Å²) in [5.41, 5.74) is 1.22. The minimum absolute atomic E-state index is 0.140. The molecule has 3 atom stereocenters. The lowest BCUT2D eigenvalue weighted by Gasteiger charge is -2.40. The number of rotatable bonds is 3. The lowest BCUT2D eigenvalue weighted by molar-refractivity contribution is -0.0537. The van der Waals surface area contributed by atoms with E-state index in [-0.39, 0.29) is 23.9 Å². The summed E-state index contributed by atoms with van der Waals surface area (Å²) >= 11 is 0. The quantitative estimate of drug-likeness (QED) is 0.928. The molecule has 1 saturated heterocycles. The molecule has 4 nitrogen and oxygen atoms in total. The number of nitriles is 1. The van der Waals surface area contributed by atoms with Crippen LogP contribution >= 0.6 is 0 Å². The van der Waals surface area contributed by atoms with E-state index in [1.807, 2.05) is 0 Å². The molecule has 0 spiro atoms. The van der Waals surface area contributed by atoms with Crippen LogP contribution in [0.25, 0.3) is 0 Å². The fourth-order valence-electron chi connectivity index (χ4n) is 3.69. The van der Waals surface area contributed by atoms with Gasteiger partial charge in [0.15, 0.2) is 0 Å². The lowest BCUT2D eigenvalue weighted by Crippen LogP contribution is -2.50. The standard InChI is InChI=1S/C17H21FN2O2/c18-14-5-4-12(9-19)13(8-14)10-20-6-7-22-11-16(20)15-2-1-3-17(15)21/h4-5,8,15-17,21H,1-3,6-7,10-11H2/t15-,16+,17-/m0/s1. The Morgan fingerprint density at radius 3 is 3.00 bits per heavy atom. The van der Waals surface area contributed by atoms with Crippen molar-refractivity contribution in [1.29, 1.82) is 5.26 Å². The number of benzene rings is 1. The van der Waals surface area contributed by atoms with Crippen molar-refractivity contribution in [2.24, 2.45) is 5.92 Å². The van der Waals surface area contributed by atoms with Gasteiger partial charge in [-0.3, -0.25) is 4.90 Å². The Morgan fingerprint density at radius 2 is 2.27 bits per heavy atom. The van der Waals surface area contributed by atoms with E-state index < -0.39 is 0 Å². The first-order valence-corrected chi connectivity index (χ1v) is 7.87. The fourth-order valence-corrected chi connectivity index (χ4v) is 3.69. The molecule has 2 aliphatic rings. The topological polar surface area (TPSA) is 56.5 Å². The predicted octanol–water partition coefficient (Wildman–Crippen LogP) is 2.06. The molecule has 0 unspecified atom stereocenters. The number of hydrogen-bond donors (Lipinski definition) is 1. The molecule has 1 aliphatic heterocycles. The highest BCUT2D eigenvalue weighted by atomic mass is 19.1. The van der Waals surface area contributed by atoms with Crippen molar-refractivity contribution in [3.05, 3.63) is 35.1 Å². The SMILES string of the molecule is N#Cc1ccc(F)cc1CN1CCOC[C@@H]1[C@@H]1CCC[C@@H]1O. The van der Waals surface area contributed by atoms with E-state index in [0.29, 0.717) is 30.9 Å². The van der Waals surface area contributed by atoms with Crippen molar-refractivity contribution in [1.82, 2.24) is 4.90 Å². The van der Waals surface area contributed by atoms with Gasteiger partial charge in [-0.15, -0.1) is 0 Å². The molecule has 0 aromatic heterocycles. The number of halogens is 1. The zero-order valence-corrected chi connectivity index (χ0v) is 12.5. The van der Waals surface area contributed by atoms with Gasteiger partial charge in [0.1, 0.15) is 5.82 Å². The smallest absolute Gasteiger partial charge is 0.123 e. The van der Waals surface area contributed by atoms with Crippen LogP contribution in [0.15, 0.2) is 18.2 Å². The van der Waals surface area contributed by atoms with Gasteiger partial charge in [-0.2, -0.15) is 5.26 Å². The summed E-state index contributed by atoms with van der Waals surface area (Å²) in [5.74, 6) is -0.112.